The summed E-state index contributed by atoms with van der Waals surface area (Å²) in [4.78, 5) is 39.6. The molecule has 1 aliphatic heterocycles. The van der Waals surface area contributed by atoms with Crippen LogP contribution in [0.2, 0.25) is 0 Å². The average molecular weight is 405 g/mol. The first kappa shape index (κ1) is 20.2. The molecule has 8 nitrogen and oxygen atoms in total. The molecule has 9 heteroatoms. The van der Waals surface area contributed by atoms with Crippen molar-refractivity contribution in [3.63, 3.8) is 0 Å². The van der Waals surface area contributed by atoms with Gasteiger partial charge in [-0.25, -0.2) is 8.42 Å². The van der Waals surface area contributed by atoms with Crippen LogP contribution in [0.1, 0.15) is 51.9 Å². The standard InChI is InChI=1S/C19H23N3O5S/c1-12-18(14(3)23)13(2)20-19(12)16(24)11-21-10-15(6-7-17(21)25)28(26,27)22-8-4-5-9-22/h6-7,10,20H,4-5,8-9,11H2,1-3H3. The highest BCUT2D eigenvalue weighted by Gasteiger charge is 2.28. The first-order chi connectivity index (χ1) is 13.1. The monoisotopic (exact) mass is 405 g/mol. The van der Waals surface area contributed by atoms with Gasteiger partial charge in [0.05, 0.1) is 17.1 Å². The Bertz CT molecular complexity index is 1110. The molecule has 1 aliphatic rings. The van der Waals surface area contributed by atoms with Crippen molar-refractivity contribution in [3.05, 3.63) is 51.2 Å². The van der Waals surface area contributed by atoms with E-state index in [1.54, 1.807) is 13.8 Å². The number of hydrogen-bond donors (Lipinski definition) is 1. The number of aromatic nitrogens is 2. The number of aryl methyl sites for hydroxylation is 1. The van der Waals surface area contributed by atoms with Crippen LogP contribution in [-0.2, 0) is 16.6 Å². The van der Waals surface area contributed by atoms with E-state index in [0.29, 0.717) is 29.9 Å². The molecule has 1 fully saturated rings. The van der Waals surface area contributed by atoms with E-state index in [1.165, 1.54) is 23.5 Å². The zero-order chi connectivity index (χ0) is 20.6. The molecule has 2 aromatic rings. The molecule has 0 atom stereocenters. The lowest BCUT2D eigenvalue weighted by molar-refractivity contribution is 0.0965. The maximum Gasteiger partial charge on any atom is 0.251 e. The largest absolute Gasteiger partial charge is 0.355 e. The van der Waals surface area contributed by atoms with Gasteiger partial charge in [-0.3, -0.25) is 14.4 Å². The number of carbonyl (C=O) groups is 2. The number of ketones is 2. The molecule has 1 N–H and O–H groups in total. The van der Waals surface area contributed by atoms with Crippen LogP contribution in [0.25, 0.3) is 0 Å². The molecule has 0 saturated carbocycles. The van der Waals surface area contributed by atoms with Crippen LogP contribution in [0.5, 0.6) is 0 Å². The van der Waals surface area contributed by atoms with Crippen LogP contribution in [0.3, 0.4) is 0 Å². The van der Waals surface area contributed by atoms with E-state index < -0.39 is 21.4 Å². The van der Waals surface area contributed by atoms with Crippen molar-refractivity contribution in [2.75, 3.05) is 13.1 Å². The molecule has 0 spiro atoms. The van der Waals surface area contributed by atoms with E-state index in [0.717, 1.165) is 23.5 Å². The number of hydrogen-bond acceptors (Lipinski definition) is 5. The minimum Gasteiger partial charge on any atom is -0.355 e. The highest BCUT2D eigenvalue weighted by Crippen LogP contribution is 2.21. The van der Waals surface area contributed by atoms with Crippen LogP contribution in [0, 0.1) is 13.8 Å². The summed E-state index contributed by atoms with van der Waals surface area (Å²) in [6, 6.07) is 2.43. The third kappa shape index (κ3) is 3.59. The molecule has 0 radical (unpaired) electrons. The molecule has 28 heavy (non-hydrogen) atoms. The smallest absolute Gasteiger partial charge is 0.251 e. The Hall–Kier alpha value is -2.52. The molecule has 2 aromatic heterocycles. The molecule has 0 amide bonds. The first-order valence-corrected chi connectivity index (χ1v) is 10.5. The Morgan fingerprint density at radius 2 is 1.79 bits per heavy atom. The van der Waals surface area contributed by atoms with Gasteiger partial charge in [0.2, 0.25) is 10.0 Å². The Morgan fingerprint density at radius 1 is 1.14 bits per heavy atom. The molecule has 0 aliphatic carbocycles. The molecule has 0 unspecified atom stereocenters. The van der Waals surface area contributed by atoms with Gasteiger partial charge in [0.1, 0.15) is 0 Å². The van der Waals surface area contributed by atoms with Crippen molar-refractivity contribution in [2.24, 2.45) is 0 Å². The van der Waals surface area contributed by atoms with Gasteiger partial charge < -0.3 is 9.55 Å². The van der Waals surface area contributed by atoms with Gasteiger partial charge in [-0.2, -0.15) is 4.31 Å². The van der Waals surface area contributed by atoms with E-state index in [2.05, 4.69) is 4.98 Å². The van der Waals surface area contributed by atoms with Crippen LogP contribution in [0.15, 0.2) is 28.0 Å². The summed E-state index contributed by atoms with van der Waals surface area (Å²) in [5, 5.41) is 0. The van der Waals surface area contributed by atoms with Crippen molar-refractivity contribution in [1.82, 2.24) is 13.9 Å². The van der Waals surface area contributed by atoms with E-state index in [4.69, 9.17) is 0 Å². The second kappa shape index (κ2) is 7.48. The van der Waals surface area contributed by atoms with Crippen molar-refractivity contribution in [3.8, 4) is 0 Å². The lowest BCUT2D eigenvalue weighted by atomic mass is 10.1. The third-order valence-electron chi connectivity index (χ3n) is 5.04. The minimum absolute atomic E-state index is 0.00869. The van der Waals surface area contributed by atoms with Crippen molar-refractivity contribution in [1.29, 1.82) is 0 Å². The number of carbonyl (C=O) groups excluding carboxylic acids is 2. The Morgan fingerprint density at radius 3 is 2.36 bits per heavy atom. The van der Waals surface area contributed by atoms with Crippen LogP contribution in [-0.4, -0.2) is 46.9 Å². The molecule has 0 aromatic carbocycles. The first-order valence-electron chi connectivity index (χ1n) is 9.07. The second-order valence-electron chi connectivity index (χ2n) is 7.05. The van der Waals surface area contributed by atoms with E-state index in [-0.39, 0.29) is 22.9 Å². The van der Waals surface area contributed by atoms with Gasteiger partial charge in [-0.1, -0.05) is 0 Å². The normalized spacial score (nSPS) is 15.1. The fraction of sp³-hybridized carbons (Fsp3) is 0.421. The summed E-state index contributed by atoms with van der Waals surface area (Å²) >= 11 is 0. The zero-order valence-corrected chi connectivity index (χ0v) is 16.9. The Labute approximate surface area is 163 Å². The fourth-order valence-electron chi connectivity index (χ4n) is 3.65. The summed E-state index contributed by atoms with van der Waals surface area (Å²) in [5.41, 5.74) is 1.36. The van der Waals surface area contributed by atoms with Crippen LogP contribution in [0.4, 0.5) is 0 Å². The average Bonchev–Trinajstić information content (AvgIpc) is 3.25. The van der Waals surface area contributed by atoms with E-state index >= 15 is 0 Å². The van der Waals surface area contributed by atoms with Gasteiger partial charge in [0.25, 0.3) is 5.56 Å². The molecular formula is C19H23N3O5S. The minimum atomic E-state index is -3.69. The molecule has 1 saturated heterocycles. The highest BCUT2D eigenvalue weighted by molar-refractivity contribution is 7.89. The number of H-pyrrole nitrogens is 1. The number of pyridine rings is 1. The number of nitrogens with zero attached hydrogens (tertiary/aromatic N) is 2. The number of Topliss-reactive ketones (excluding diaryl/α,β-unsaturated/α-hetero) is 2. The van der Waals surface area contributed by atoms with Gasteiger partial charge in [0.15, 0.2) is 11.6 Å². The topological polar surface area (TPSA) is 109 Å². The summed E-state index contributed by atoms with van der Waals surface area (Å²) in [6.45, 7) is 5.39. The van der Waals surface area contributed by atoms with Gasteiger partial charge >= 0.3 is 0 Å². The number of nitrogens with one attached hydrogen (secondary N) is 1. The number of rotatable bonds is 6. The summed E-state index contributed by atoms with van der Waals surface area (Å²) < 4.78 is 27.9. The SMILES string of the molecule is CC(=O)c1c(C)[nH]c(C(=O)Cn2cc(S(=O)(=O)N3CCCC3)ccc2=O)c1C. The molecule has 0 bridgehead atoms. The lowest BCUT2D eigenvalue weighted by Crippen LogP contribution is -2.30. The molecular weight excluding hydrogens is 382 g/mol. The van der Waals surface area contributed by atoms with Crippen LogP contribution < -0.4 is 5.56 Å². The molecule has 150 valence electrons. The molecule has 3 heterocycles. The summed E-state index contributed by atoms with van der Waals surface area (Å²) in [5.74, 6) is -0.549. The van der Waals surface area contributed by atoms with E-state index in [1.807, 2.05) is 0 Å². The quantitative estimate of drug-likeness (QED) is 0.735. The van der Waals surface area contributed by atoms with Gasteiger partial charge in [-0.05, 0) is 45.2 Å². The predicted octanol–water partition coefficient (Wildman–Crippen LogP) is 1.66. The predicted molar refractivity (Wildman–Crippen MR) is 103 cm³/mol. The maximum atomic E-state index is 12.7. The Balaban J connectivity index is 1.93. The third-order valence-corrected chi connectivity index (χ3v) is 6.92. The molecule has 3 rings (SSSR count). The Kier molecular flexibility index (Phi) is 5.40. The highest BCUT2D eigenvalue weighted by atomic mass is 32.2. The van der Waals surface area contributed by atoms with Crippen molar-refractivity contribution in [2.45, 2.75) is 45.1 Å². The van der Waals surface area contributed by atoms with Crippen molar-refractivity contribution < 1.29 is 18.0 Å². The summed E-state index contributed by atoms with van der Waals surface area (Å²) in [6.07, 6.45) is 2.83. The number of aromatic amines is 1. The maximum absolute atomic E-state index is 12.7. The lowest BCUT2D eigenvalue weighted by Gasteiger charge is -2.16. The van der Waals surface area contributed by atoms with Gasteiger partial charge in [-0.15, -0.1) is 0 Å². The van der Waals surface area contributed by atoms with Crippen LogP contribution >= 0.6 is 0 Å². The fourth-order valence-corrected chi connectivity index (χ4v) is 5.19. The summed E-state index contributed by atoms with van der Waals surface area (Å²) in [7, 11) is -3.69. The number of sulfonamides is 1. The zero-order valence-electron chi connectivity index (χ0n) is 16.1. The van der Waals surface area contributed by atoms with Crippen molar-refractivity contribution >= 4 is 21.6 Å². The van der Waals surface area contributed by atoms with Gasteiger partial charge in [0, 0.05) is 36.6 Å². The second-order valence-corrected chi connectivity index (χ2v) is 8.98. The van der Waals surface area contributed by atoms with E-state index in [9.17, 15) is 22.8 Å².